The Labute approximate surface area is 157 Å². The van der Waals surface area contributed by atoms with Crippen molar-refractivity contribution in [2.75, 3.05) is 25.1 Å². The number of nitrogens with zero attached hydrogens (tertiary/aromatic N) is 4. The highest BCUT2D eigenvalue weighted by Gasteiger charge is 2.23. The third-order valence-electron chi connectivity index (χ3n) is 4.81. The molecule has 0 bridgehead atoms. The van der Waals surface area contributed by atoms with Crippen LogP contribution in [0.25, 0.3) is 16.6 Å². The van der Waals surface area contributed by atoms with Gasteiger partial charge in [-0.3, -0.25) is 0 Å². The van der Waals surface area contributed by atoms with Crippen LogP contribution in [0.5, 0.6) is 11.5 Å². The summed E-state index contributed by atoms with van der Waals surface area (Å²) < 4.78 is 13.9. The molecule has 0 saturated heterocycles. The Morgan fingerprint density at radius 1 is 1.11 bits per heavy atom. The number of para-hydroxylation sites is 3. The molecule has 6 nitrogen and oxygen atoms in total. The van der Waals surface area contributed by atoms with Gasteiger partial charge in [0.05, 0.1) is 17.8 Å². The van der Waals surface area contributed by atoms with E-state index in [1.165, 1.54) is 0 Å². The molecule has 0 aliphatic carbocycles. The van der Waals surface area contributed by atoms with Crippen LogP contribution in [0, 0.1) is 6.92 Å². The summed E-state index contributed by atoms with van der Waals surface area (Å²) in [6.07, 6.45) is -0.0617. The lowest BCUT2D eigenvalue weighted by atomic mass is 10.2. The molecule has 3 heterocycles. The average Bonchev–Trinajstić information content (AvgIpc) is 3.07. The van der Waals surface area contributed by atoms with Gasteiger partial charge in [-0.2, -0.15) is 5.10 Å². The highest BCUT2D eigenvalue weighted by molar-refractivity contribution is 5.91. The largest absolute Gasteiger partial charge is 0.486 e. The number of hydrogen-bond donors (Lipinski definition) is 0. The number of benzene rings is 2. The van der Waals surface area contributed by atoms with E-state index in [9.17, 15) is 0 Å². The van der Waals surface area contributed by atoms with Gasteiger partial charge in [0, 0.05) is 18.5 Å². The number of aromatic nitrogens is 3. The molecule has 27 heavy (non-hydrogen) atoms. The molecule has 0 fully saturated rings. The average molecular weight is 360 g/mol. The zero-order chi connectivity index (χ0) is 18.4. The maximum atomic E-state index is 6.12. The lowest BCUT2D eigenvalue weighted by Gasteiger charge is -2.30. The van der Waals surface area contributed by atoms with Gasteiger partial charge in [-0.1, -0.05) is 24.3 Å². The fourth-order valence-corrected chi connectivity index (χ4v) is 3.59. The quantitative estimate of drug-likeness (QED) is 0.560. The van der Waals surface area contributed by atoms with Crippen LogP contribution in [0.2, 0.25) is 0 Å². The van der Waals surface area contributed by atoms with E-state index in [1.54, 1.807) is 0 Å². The minimum absolute atomic E-state index is 0.0617. The van der Waals surface area contributed by atoms with Gasteiger partial charge in [-0.15, -0.1) is 0 Å². The molecular formula is C21H20N4O2. The van der Waals surface area contributed by atoms with Gasteiger partial charge in [0.25, 0.3) is 0 Å². The van der Waals surface area contributed by atoms with E-state index in [-0.39, 0.29) is 6.10 Å². The number of hydrogen-bond acceptors (Lipinski definition) is 5. The molecule has 4 aromatic rings. The SMILES string of the molecule is Cc1cc2nc(N(C)CC3COc4ccccc4O3)c3ccccc3n2n1. The van der Waals surface area contributed by atoms with Gasteiger partial charge in [0.2, 0.25) is 0 Å². The van der Waals surface area contributed by atoms with Crippen LogP contribution in [0.1, 0.15) is 5.69 Å². The molecule has 5 rings (SSSR count). The normalized spacial score (nSPS) is 16.0. The molecule has 1 atom stereocenters. The number of rotatable bonds is 3. The molecular weight excluding hydrogens is 340 g/mol. The second kappa shape index (κ2) is 6.16. The second-order valence-corrected chi connectivity index (χ2v) is 6.89. The van der Waals surface area contributed by atoms with Gasteiger partial charge in [-0.25, -0.2) is 9.50 Å². The summed E-state index contributed by atoms with van der Waals surface area (Å²) >= 11 is 0. The van der Waals surface area contributed by atoms with E-state index >= 15 is 0 Å². The van der Waals surface area contributed by atoms with Gasteiger partial charge >= 0.3 is 0 Å². The van der Waals surface area contributed by atoms with E-state index in [0.717, 1.165) is 39.6 Å². The monoisotopic (exact) mass is 360 g/mol. The Hall–Kier alpha value is -3.28. The highest BCUT2D eigenvalue weighted by atomic mass is 16.6. The van der Waals surface area contributed by atoms with Crippen LogP contribution in [0.15, 0.2) is 54.6 Å². The molecule has 0 spiro atoms. The van der Waals surface area contributed by atoms with Crippen molar-refractivity contribution < 1.29 is 9.47 Å². The molecule has 0 N–H and O–H groups in total. The Kier molecular flexibility index (Phi) is 3.63. The molecule has 6 heteroatoms. The number of anilines is 1. The molecule has 0 saturated carbocycles. The van der Waals surface area contributed by atoms with E-state index < -0.39 is 0 Å². The van der Waals surface area contributed by atoms with Crippen molar-refractivity contribution in [2.45, 2.75) is 13.0 Å². The Morgan fingerprint density at radius 3 is 2.78 bits per heavy atom. The molecule has 2 aromatic carbocycles. The molecule has 0 amide bonds. The van der Waals surface area contributed by atoms with Crippen LogP contribution >= 0.6 is 0 Å². The topological polar surface area (TPSA) is 51.9 Å². The van der Waals surface area contributed by atoms with Crippen LogP contribution < -0.4 is 14.4 Å². The van der Waals surface area contributed by atoms with Gasteiger partial charge in [-0.05, 0) is 31.2 Å². The fourth-order valence-electron chi connectivity index (χ4n) is 3.59. The van der Waals surface area contributed by atoms with Crippen molar-refractivity contribution >= 4 is 22.4 Å². The van der Waals surface area contributed by atoms with Gasteiger partial charge < -0.3 is 14.4 Å². The van der Waals surface area contributed by atoms with E-state index in [4.69, 9.17) is 14.5 Å². The standard InChI is InChI=1S/C21H20N4O2/c1-14-11-20-22-21(16-7-3-4-8-17(16)25(20)23-14)24(2)12-15-13-26-18-9-5-6-10-19(18)27-15/h3-11,15H,12-13H2,1-2H3. The predicted molar refractivity (Wildman–Crippen MR) is 105 cm³/mol. The lowest BCUT2D eigenvalue weighted by molar-refractivity contribution is 0.0960. The van der Waals surface area contributed by atoms with Crippen molar-refractivity contribution in [3.8, 4) is 11.5 Å². The summed E-state index contributed by atoms with van der Waals surface area (Å²) in [4.78, 5) is 7.00. The van der Waals surface area contributed by atoms with E-state index in [2.05, 4.69) is 22.1 Å². The predicted octanol–water partition coefficient (Wildman–Crippen LogP) is 3.47. The Balaban J connectivity index is 1.49. The maximum Gasteiger partial charge on any atom is 0.161 e. The molecule has 0 radical (unpaired) electrons. The van der Waals surface area contributed by atoms with Crippen molar-refractivity contribution in [3.05, 3.63) is 60.3 Å². The summed E-state index contributed by atoms with van der Waals surface area (Å²) in [5.41, 5.74) is 2.84. The molecule has 136 valence electrons. The van der Waals surface area contributed by atoms with Crippen molar-refractivity contribution in [3.63, 3.8) is 0 Å². The first-order valence-electron chi connectivity index (χ1n) is 9.04. The third kappa shape index (κ3) is 2.73. The molecule has 1 aliphatic heterocycles. The maximum absolute atomic E-state index is 6.12. The summed E-state index contributed by atoms with van der Waals surface area (Å²) in [5, 5.41) is 5.64. The Bertz CT molecular complexity index is 1140. The highest BCUT2D eigenvalue weighted by Crippen LogP contribution is 2.32. The van der Waals surface area contributed by atoms with Gasteiger partial charge in [0.1, 0.15) is 12.4 Å². The molecule has 1 aliphatic rings. The fraction of sp³-hybridized carbons (Fsp3) is 0.238. The summed E-state index contributed by atoms with van der Waals surface area (Å²) in [5.74, 6) is 2.51. The lowest BCUT2D eigenvalue weighted by Crippen LogP contribution is -2.39. The summed E-state index contributed by atoms with van der Waals surface area (Å²) in [6, 6.07) is 18.0. The smallest absolute Gasteiger partial charge is 0.161 e. The third-order valence-corrected chi connectivity index (χ3v) is 4.81. The van der Waals surface area contributed by atoms with Crippen LogP contribution in [-0.4, -0.2) is 40.9 Å². The van der Waals surface area contributed by atoms with Crippen molar-refractivity contribution in [2.24, 2.45) is 0 Å². The van der Waals surface area contributed by atoms with Crippen molar-refractivity contribution in [1.29, 1.82) is 0 Å². The van der Waals surface area contributed by atoms with Crippen LogP contribution in [0.3, 0.4) is 0 Å². The molecule has 1 unspecified atom stereocenters. The summed E-state index contributed by atoms with van der Waals surface area (Å²) in [7, 11) is 2.04. The van der Waals surface area contributed by atoms with Crippen molar-refractivity contribution in [1.82, 2.24) is 14.6 Å². The summed E-state index contributed by atoms with van der Waals surface area (Å²) in [6.45, 7) is 3.18. The number of fused-ring (bicyclic) bond motifs is 4. The minimum atomic E-state index is -0.0617. The first-order valence-corrected chi connectivity index (χ1v) is 9.04. The minimum Gasteiger partial charge on any atom is -0.486 e. The number of aryl methyl sites for hydroxylation is 1. The zero-order valence-corrected chi connectivity index (χ0v) is 15.3. The first-order chi connectivity index (χ1) is 13.2. The zero-order valence-electron chi connectivity index (χ0n) is 15.3. The number of ether oxygens (including phenoxy) is 2. The van der Waals surface area contributed by atoms with Crippen LogP contribution in [0.4, 0.5) is 5.82 Å². The first kappa shape index (κ1) is 15.9. The Morgan fingerprint density at radius 2 is 1.89 bits per heavy atom. The second-order valence-electron chi connectivity index (χ2n) is 6.89. The number of likely N-dealkylation sites (N-methyl/N-ethyl adjacent to an activating group) is 1. The van der Waals surface area contributed by atoms with Crippen LogP contribution in [-0.2, 0) is 0 Å². The van der Waals surface area contributed by atoms with E-state index in [1.807, 2.05) is 61.0 Å². The van der Waals surface area contributed by atoms with Gasteiger partial charge in [0.15, 0.2) is 23.3 Å². The van der Waals surface area contributed by atoms with E-state index in [0.29, 0.717) is 13.2 Å². The molecule has 2 aromatic heterocycles.